The van der Waals surface area contributed by atoms with Crippen LogP contribution in [0.4, 0.5) is 0 Å². The van der Waals surface area contributed by atoms with E-state index in [-0.39, 0.29) is 18.1 Å². The minimum Gasteiger partial charge on any atom is -0.273 e. The molecule has 0 aliphatic carbocycles. The largest absolute Gasteiger partial charge is 0.273 e. The van der Waals surface area contributed by atoms with Crippen molar-refractivity contribution < 1.29 is 13.2 Å². The van der Waals surface area contributed by atoms with Crippen LogP contribution in [0.5, 0.6) is 0 Å². The third kappa shape index (κ3) is 2.45. The summed E-state index contributed by atoms with van der Waals surface area (Å²) in [6, 6.07) is 0. The Balaban J connectivity index is 2.56. The van der Waals surface area contributed by atoms with Crippen LogP contribution in [0, 0.1) is 0 Å². The zero-order valence-corrected chi connectivity index (χ0v) is 8.53. The second kappa shape index (κ2) is 4.12. The zero-order chi connectivity index (χ0) is 9.90. The molecule has 74 valence electrons. The minimum absolute atomic E-state index is 0.0745. The lowest BCUT2D eigenvalue weighted by atomic mass is 10.5. The van der Waals surface area contributed by atoms with E-state index in [1.165, 1.54) is 0 Å². The summed E-state index contributed by atoms with van der Waals surface area (Å²) in [7, 11) is -3.37. The first kappa shape index (κ1) is 10.6. The Labute approximate surface area is 81.5 Å². The Morgan fingerprint density at radius 1 is 1.69 bits per heavy atom. The van der Waals surface area contributed by atoms with Gasteiger partial charge in [-0.2, -0.15) is 3.71 Å². The quantitative estimate of drug-likeness (QED) is 0.408. The van der Waals surface area contributed by atoms with E-state index < -0.39 is 10.0 Å². The van der Waals surface area contributed by atoms with E-state index in [9.17, 15) is 13.2 Å². The van der Waals surface area contributed by atoms with Crippen molar-refractivity contribution >= 4 is 28.1 Å². The van der Waals surface area contributed by atoms with Crippen LogP contribution in [-0.2, 0) is 14.8 Å². The fourth-order valence-corrected chi connectivity index (χ4v) is 3.15. The molecule has 1 N–H and O–H groups in total. The predicted molar refractivity (Wildman–Crippen MR) is 51.0 cm³/mol. The summed E-state index contributed by atoms with van der Waals surface area (Å²) >= 11 is 0.798. The topological polar surface area (TPSA) is 66.5 Å². The van der Waals surface area contributed by atoms with E-state index in [0.717, 1.165) is 15.8 Å². The van der Waals surface area contributed by atoms with Crippen LogP contribution in [0.2, 0.25) is 0 Å². The van der Waals surface area contributed by atoms with Crippen molar-refractivity contribution in [2.45, 2.75) is 6.42 Å². The van der Waals surface area contributed by atoms with Crippen molar-refractivity contribution in [2.24, 2.45) is 0 Å². The molecule has 1 fully saturated rings. The van der Waals surface area contributed by atoms with E-state index in [4.69, 9.17) is 0 Å². The number of carbonyl (C=O) groups excluding carboxylic acids is 1. The van der Waals surface area contributed by atoms with E-state index >= 15 is 0 Å². The van der Waals surface area contributed by atoms with Gasteiger partial charge < -0.3 is 0 Å². The van der Waals surface area contributed by atoms with Gasteiger partial charge in [-0.25, -0.2) is 13.1 Å². The van der Waals surface area contributed by atoms with Crippen LogP contribution in [0.15, 0.2) is 12.7 Å². The lowest BCUT2D eigenvalue weighted by Gasteiger charge is -2.11. The number of nitrogens with one attached hydrogen (secondary N) is 1. The molecule has 0 atom stereocenters. The SMILES string of the molecule is C=CCNSN1C(=O)CCS1(=O)=O. The van der Waals surface area contributed by atoms with Gasteiger partial charge >= 0.3 is 0 Å². The molecule has 0 unspecified atom stereocenters. The Morgan fingerprint density at radius 3 is 2.85 bits per heavy atom. The van der Waals surface area contributed by atoms with E-state index in [0.29, 0.717) is 6.54 Å². The Kier molecular flexibility index (Phi) is 3.34. The Hall–Kier alpha value is -0.530. The predicted octanol–water partition coefficient (Wildman–Crippen LogP) is -0.113. The molecule has 0 aromatic heterocycles. The van der Waals surface area contributed by atoms with Crippen molar-refractivity contribution in [1.82, 2.24) is 8.43 Å². The molecule has 1 saturated heterocycles. The summed E-state index contributed by atoms with van der Waals surface area (Å²) in [5.74, 6) is -0.462. The van der Waals surface area contributed by atoms with Gasteiger partial charge in [0.05, 0.1) is 17.9 Å². The standard InChI is InChI=1S/C6H10N2O3S2/c1-2-4-7-12-8-6(9)3-5-13(8,10)11/h2,7H,1,3-5H2. The van der Waals surface area contributed by atoms with Crippen molar-refractivity contribution in [3.05, 3.63) is 12.7 Å². The van der Waals surface area contributed by atoms with Gasteiger partial charge in [0.25, 0.3) is 0 Å². The average molecular weight is 222 g/mol. The molecular formula is C6H10N2O3S2. The number of rotatable bonds is 4. The van der Waals surface area contributed by atoms with Crippen LogP contribution in [-0.4, -0.2) is 30.3 Å². The average Bonchev–Trinajstić information content (AvgIpc) is 2.31. The third-order valence-electron chi connectivity index (χ3n) is 1.41. The number of carbonyl (C=O) groups is 1. The van der Waals surface area contributed by atoms with Gasteiger partial charge in [0.15, 0.2) is 0 Å². The second-order valence-electron chi connectivity index (χ2n) is 2.42. The van der Waals surface area contributed by atoms with Crippen LogP contribution >= 0.6 is 12.1 Å². The second-order valence-corrected chi connectivity index (χ2v) is 5.42. The van der Waals surface area contributed by atoms with Gasteiger partial charge in [-0.15, -0.1) is 6.58 Å². The Morgan fingerprint density at radius 2 is 2.38 bits per heavy atom. The van der Waals surface area contributed by atoms with Gasteiger partial charge in [-0.1, -0.05) is 6.08 Å². The molecule has 1 amide bonds. The summed E-state index contributed by atoms with van der Waals surface area (Å²) in [6.07, 6.45) is 1.66. The minimum atomic E-state index is -3.37. The van der Waals surface area contributed by atoms with Gasteiger partial charge in [0.2, 0.25) is 15.9 Å². The molecule has 0 aromatic carbocycles. The van der Waals surface area contributed by atoms with Crippen molar-refractivity contribution in [3.8, 4) is 0 Å². The molecule has 1 rings (SSSR count). The maximum atomic E-state index is 11.2. The summed E-state index contributed by atoms with van der Waals surface area (Å²) in [5, 5.41) is 0. The molecule has 7 heteroatoms. The number of nitrogens with zero attached hydrogens (tertiary/aromatic N) is 1. The molecule has 1 aliphatic rings. The molecule has 13 heavy (non-hydrogen) atoms. The van der Waals surface area contributed by atoms with E-state index in [1.807, 2.05) is 0 Å². The van der Waals surface area contributed by atoms with Crippen molar-refractivity contribution in [2.75, 3.05) is 12.3 Å². The number of hydrogen-bond donors (Lipinski definition) is 1. The monoisotopic (exact) mass is 222 g/mol. The number of sulfonamides is 1. The summed E-state index contributed by atoms with van der Waals surface area (Å²) in [4.78, 5) is 11.0. The van der Waals surface area contributed by atoms with Crippen LogP contribution < -0.4 is 4.72 Å². The molecule has 1 aliphatic heterocycles. The highest BCUT2D eigenvalue weighted by atomic mass is 32.3. The van der Waals surface area contributed by atoms with Crippen LogP contribution in [0.3, 0.4) is 0 Å². The molecule has 1 heterocycles. The van der Waals surface area contributed by atoms with E-state index in [2.05, 4.69) is 11.3 Å². The maximum Gasteiger partial charge on any atom is 0.248 e. The smallest absolute Gasteiger partial charge is 0.248 e. The number of amides is 1. The molecule has 0 radical (unpaired) electrons. The normalized spacial score (nSPS) is 20.6. The molecule has 0 aromatic rings. The fourth-order valence-electron chi connectivity index (χ4n) is 0.808. The third-order valence-corrected chi connectivity index (χ3v) is 4.40. The molecule has 0 bridgehead atoms. The van der Waals surface area contributed by atoms with Crippen molar-refractivity contribution in [1.29, 1.82) is 0 Å². The van der Waals surface area contributed by atoms with Crippen LogP contribution in [0.1, 0.15) is 6.42 Å². The van der Waals surface area contributed by atoms with Gasteiger partial charge in [0.1, 0.15) is 0 Å². The lowest BCUT2D eigenvalue weighted by molar-refractivity contribution is -0.121. The summed E-state index contributed by atoms with van der Waals surface area (Å²) in [6.45, 7) is 3.90. The highest BCUT2D eigenvalue weighted by Crippen LogP contribution is 2.21. The van der Waals surface area contributed by atoms with Crippen molar-refractivity contribution in [3.63, 3.8) is 0 Å². The summed E-state index contributed by atoms with van der Waals surface area (Å²) < 4.78 is 25.8. The van der Waals surface area contributed by atoms with Gasteiger partial charge in [0, 0.05) is 13.0 Å². The van der Waals surface area contributed by atoms with E-state index in [1.54, 1.807) is 6.08 Å². The molecule has 0 spiro atoms. The fraction of sp³-hybridized carbons (Fsp3) is 0.500. The molecule has 5 nitrogen and oxygen atoms in total. The first-order valence-corrected chi connectivity index (χ1v) is 6.03. The van der Waals surface area contributed by atoms with Gasteiger partial charge in [-0.3, -0.25) is 4.79 Å². The first-order valence-electron chi connectivity index (χ1n) is 3.64. The van der Waals surface area contributed by atoms with Crippen LogP contribution in [0.25, 0.3) is 0 Å². The molecular weight excluding hydrogens is 212 g/mol. The highest BCUT2D eigenvalue weighted by molar-refractivity contribution is 8.08. The van der Waals surface area contributed by atoms with Gasteiger partial charge in [-0.05, 0) is 0 Å². The zero-order valence-electron chi connectivity index (χ0n) is 6.89. The highest BCUT2D eigenvalue weighted by Gasteiger charge is 2.35. The Bertz CT molecular complexity index is 312. The first-order chi connectivity index (χ1) is 6.08. The maximum absolute atomic E-state index is 11.2. The molecule has 0 saturated carbocycles. The lowest BCUT2D eigenvalue weighted by Crippen LogP contribution is -2.26. The summed E-state index contributed by atoms with van der Waals surface area (Å²) in [5.41, 5.74) is 0. The number of hydrogen-bond acceptors (Lipinski definition) is 5.